The zero-order chi connectivity index (χ0) is 21.7. The first kappa shape index (κ1) is 20.5. The van der Waals surface area contributed by atoms with E-state index in [-0.39, 0.29) is 16.8 Å². The number of aliphatic carboxylic acids is 1. The van der Waals surface area contributed by atoms with Crippen LogP contribution in [0.2, 0.25) is 0 Å². The maximum Gasteiger partial charge on any atom is 0.309 e. The number of fused-ring (bicyclic) bond motifs is 2. The number of carboxylic acid groups (broad SMARTS) is 1. The molecule has 0 saturated heterocycles. The zero-order valence-electron chi connectivity index (χ0n) is 17.9. The number of hydrogen-bond donors (Lipinski definition) is 1. The highest BCUT2D eigenvalue weighted by Crippen LogP contribution is 2.66. The summed E-state index contributed by atoms with van der Waals surface area (Å²) in [6.45, 7) is 2.23. The van der Waals surface area contributed by atoms with Crippen molar-refractivity contribution in [2.75, 3.05) is 0 Å². The number of carbonyl (C=O) groups is 1. The zero-order valence-corrected chi connectivity index (χ0v) is 17.9. The van der Waals surface area contributed by atoms with Crippen LogP contribution < -0.4 is 4.74 Å². The second kappa shape index (κ2) is 7.33. The summed E-state index contributed by atoms with van der Waals surface area (Å²) in [6, 6.07) is 14.1. The minimum atomic E-state index is -0.660. The number of ether oxygens (including phenoxy) is 2. The Morgan fingerprint density at radius 1 is 1.10 bits per heavy atom. The van der Waals surface area contributed by atoms with Crippen molar-refractivity contribution in [3.8, 4) is 11.5 Å². The molecule has 3 aliphatic carbocycles. The van der Waals surface area contributed by atoms with Crippen LogP contribution in [0.4, 0.5) is 4.39 Å². The Morgan fingerprint density at radius 3 is 2.52 bits per heavy atom. The molecule has 5 rings (SSSR count). The molecule has 0 aromatic heterocycles. The molecule has 2 atom stereocenters. The monoisotopic (exact) mass is 424 g/mol. The van der Waals surface area contributed by atoms with Gasteiger partial charge >= 0.3 is 5.97 Å². The standard InChI is InChI=1S/C26H29FO4/c1-24(23(28)29)14-19(24)15-25-7-9-26(17-25,10-8-25)30-16-18-11-20(27)13-22(12-18)31-21-5-3-2-4-6-21/h2-6,11-13,19H,7-10,14-17H2,1H3,(H,28,29). The fourth-order valence-electron chi connectivity index (χ4n) is 5.90. The highest BCUT2D eigenvalue weighted by atomic mass is 19.1. The van der Waals surface area contributed by atoms with Gasteiger partial charge in [-0.3, -0.25) is 4.79 Å². The van der Waals surface area contributed by atoms with E-state index in [1.165, 1.54) is 12.1 Å². The number of halogens is 1. The van der Waals surface area contributed by atoms with E-state index in [0.717, 1.165) is 50.5 Å². The largest absolute Gasteiger partial charge is 0.481 e. The molecule has 0 aliphatic heterocycles. The van der Waals surface area contributed by atoms with Gasteiger partial charge < -0.3 is 14.6 Å². The lowest BCUT2D eigenvalue weighted by atomic mass is 9.78. The van der Waals surface area contributed by atoms with E-state index in [1.54, 1.807) is 0 Å². The van der Waals surface area contributed by atoms with Crippen molar-refractivity contribution in [1.82, 2.24) is 0 Å². The number of hydrogen-bond acceptors (Lipinski definition) is 3. The number of benzene rings is 2. The second-order valence-electron chi connectivity index (χ2n) is 10.2. The lowest BCUT2D eigenvalue weighted by Gasteiger charge is -2.28. The Labute approximate surface area is 182 Å². The third kappa shape index (κ3) is 3.96. The lowest BCUT2D eigenvalue weighted by Crippen LogP contribution is -2.26. The summed E-state index contributed by atoms with van der Waals surface area (Å²) >= 11 is 0. The number of para-hydroxylation sites is 1. The number of carboxylic acids is 1. The summed E-state index contributed by atoms with van der Waals surface area (Å²) in [4.78, 5) is 11.5. The van der Waals surface area contributed by atoms with Gasteiger partial charge in [0.2, 0.25) is 0 Å². The summed E-state index contributed by atoms with van der Waals surface area (Å²) in [5.74, 6) is 0.435. The van der Waals surface area contributed by atoms with Crippen LogP contribution >= 0.6 is 0 Å². The van der Waals surface area contributed by atoms with Crippen LogP contribution in [0.15, 0.2) is 48.5 Å². The quantitative estimate of drug-likeness (QED) is 0.537. The molecule has 0 amide bonds. The van der Waals surface area contributed by atoms with Gasteiger partial charge in [-0.25, -0.2) is 4.39 Å². The molecule has 31 heavy (non-hydrogen) atoms. The van der Waals surface area contributed by atoms with E-state index >= 15 is 0 Å². The fraction of sp³-hybridized carbons (Fsp3) is 0.500. The van der Waals surface area contributed by atoms with Crippen LogP contribution in [-0.4, -0.2) is 16.7 Å². The Kier molecular flexibility index (Phi) is 4.85. The maximum atomic E-state index is 14.2. The Hall–Kier alpha value is -2.40. The third-order valence-electron chi connectivity index (χ3n) is 7.95. The van der Waals surface area contributed by atoms with Crippen LogP contribution in [0, 0.1) is 22.6 Å². The topological polar surface area (TPSA) is 55.8 Å². The van der Waals surface area contributed by atoms with E-state index in [2.05, 4.69) is 0 Å². The summed E-state index contributed by atoms with van der Waals surface area (Å²) < 4.78 is 26.4. The molecular formula is C26H29FO4. The molecule has 2 aromatic carbocycles. The summed E-state index contributed by atoms with van der Waals surface area (Å²) in [5.41, 5.74) is 0.313. The first-order valence-corrected chi connectivity index (χ1v) is 11.2. The normalized spacial score (nSPS) is 33.4. The van der Waals surface area contributed by atoms with Crippen LogP contribution in [0.1, 0.15) is 57.4 Å². The molecule has 1 N–H and O–H groups in total. The summed E-state index contributed by atoms with van der Waals surface area (Å²) in [6.07, 6.45) is 7.00. The molecule has 5 heteroatoms. The van der Waals surface area contributed by atoms with Gasteiger partial charge in [0, 0.05) is 6.07 Å². The van der Waals surface area contributed by atoms with Crippen molar-refractivity contribution in [2.45, 2.75) is 64.1 Å². The van der Waals surface area contributed by atoms with Crippen molar-refractivity contribution in [1.29, 1.82) is 0 Å². The van der Waals surface area contributed by atoms with Crippen molar-refractivity contribution in [2.24, 2.45) is 16.7 Å². The van der Waals surface area contributed by atoms with Gasteiger partial charge in [0.25, 0.3) is 0 Å². The molecule has 3 fully saturated rings. The Balaban J connectivity index is 1.22. The highest BCUT2D eigenvalue weighted by molar-refractivity contribution is 5.78. The molecule has 3 aliphatic rings. The SMILES string of the molecule is CC1(C(=O)O)CC1CC12CCC(OCc3cc(F)cc(Oc4ccccc4)c3)(CC1)C2. The van der Waals surface area contributed by atoms with Crippen molar-refractivity contribution < 1.29 is 23.8 Å². The van der Waals surface area contributed by atoms with Crippen molar-refractivity contribution >= 4 is 5.97 Å². The molecule has 4 nitrogen and oxygen atoms in total. The van der Waals surface area contributed by atoms with Gasteiger partial charge in [-0.1, -0.05) is 18.2 Å². The minimum absolute atomic E-state index is 0.152. The average Bonchev–Trinajstić information content (AvgIpc) is 3.09. The molecule has 2 aromatic rings. The summed E-state index contributed by atoms with van der Waals surface area (Å²) in [7, 11) is 0. The fourth-order valence-corrected chi connectivity index (χ4v) is 5.90. The number of rotatable bonds is 8. The van der Waals surface area contributed by atoms with E-state index in [1.807, 2.05) is 43.3 Å². The van der Waals surface area contributed by atoms with Crippen LogP contribution in [0.3, 0.4) is 0 Å². The van der Waals surface area contributed by atoms with Crippen LogP contribution in [0.25, 0.3) is 0 Å². The third-order valence-corrected chi connectivity index (χ3v) is 7.95. The molecule has 3 saturated carbocycles. The van der Waals surface area contributed by atoms with Crippen LogP contribution in [-0.2, 0) is 16.1 Å². The Morgan fingerprint density at radius 2 is 1.84 bits per heavy atom. The minimum Gasteiger partial charge on any atom is -0.481 e. The first-order chi connectivity index (χ1) is 14.8. The van der Waals surface area contributed by atoms with E-state index < -0.39 is 11.4 Å². The first-order valence-electron chi connectivity index (χ1n) is 11.2. The van der Waals surface area contributed by atoms with E-state index in [0.29, 0.717) is 24.0 Å². The van der Waals surface area contributed by atoms with E-state index in [4.69, 9.17) is 9.47 Å². The van der Waals surface area contributed by atoms with Gasteiger partial charge in [0.15, 0.2) is 0 Å². The smallest absolute Gasteiger partial charge is 0.309 e. The summed E-state index contributed by atoms with van der Waals surface area (Å²) in [5, 5.41) is 9.46. The van der Waals surface area contributed by atoms with Crippen molar-refractivity contribution in [3.05, 3.63) is 59.9 Å². The molecule has 2 bridgehead atoms. The predicted molar refractivity (Wildman–Crippen MR) is 114 cm³/mol. The van der Waals surface area contributed by atoms with Gasteiger partial charge in [0.05, 0.1) is 17.6 Å². The van der Waals surface area contributed by atoms with Gasteiger partial charge in [-0.05, 0) is 93.0 Å². The van der Waals surface area contributed by atoms with Crippen LogP contribution in [0.5, 0.6) is 11.5 Å². The molecule has 2 unspecified atom stereocenters. The maximum absolute atomic E-state index is 14.2. The molecule has 0 heterocycles. The lowest BCUT2D eigenvalue weighted by molar-refractivity contribution is -0.143. The highest BCUT2D eigenvalue weighted by Gasteiger charge is 2.62. The van der Waals surface area contributed by atoms with Gasteiger partial charge in [0.1, 0.15) is 17.3 Å². The van der Waals surface area contributed by atoms with E-state index in [9.17, 15) is 14.3 Å². The van der Waals surface area contributed by atoms with Gasteiger partial charge in [-0.15, -0.1) is 0 Å². The second-order valence-corrected chi connectivity index (χ2v) is 10.2. The Bertz CT molecular complexity index is 980. The van der Waals surface area contributed by atoms with Gasteiger partial charge in [-0.2, -0.15) is 0 Å². The average molecular weight is 425 g/mol. The molecule has 164 valence electrons. The predicted octanol–water partition coefficient (Wildman–Crippen LogP) is 6.34. The molecule has 0 radical (unpaired) electrons. The van der Waals surface area contributed by atoms with Crippen molar-refractivity contribution in [3.63, 3.8) is 0 Å². The molecule has 0 spiro atoms. The molecular weight excluding hydrogens is 395 g/mol.